The minimum absolute atomic E-state index is 0.190. The zero-order chi connectivity index (χ0) is 12.3. The lowest BCUT2D eigenvalue weighted by Gasteiger charge is -2.07. The summed E-state index contributed by atoms with van der Waals surface area (Å²) < 4.78 is 5.13. The van der Waals surface area contributed by atoms with Crippen molar-refractivity contribution in [1.82, 2.24) is 10.6 Å². The van der Waals surface area contributed by atoms with Gasteiger partial charge in [0, 0.05) is 19.6 Å². The first-order valence-electron chi connectivity index (χ1n) is 5.66. The summed E-state index contributed by atoms with van der Waals surface area (Å²) in [6.07, 6.45) is 0. The third-order valence-corrected chi connectivity index (χ3v) is 2.09. The van der Waals surface area contributed by atoms with Crippen LogP contribution in [-0.4, -0.2) is 32.3 Å². The van der Waals surface area contributed by atoms with Crippen LogP contribution in [0.5, 0.6) is 0 Å². The van der Waals surface area contributed by atoms with Crippen molar-refractivity contribution in [2.24, 2.45) is 5.73 Å². The van der Waals surface area contributed by atoms with Crippen LogP contribution < -0.4 is 16.4 Å². The van der Waals surface area contributed by atoms with E-state index in [1.165, 1.54) is 0 Å². The number of hydrogen-bond donors (Lipinski definition) is 3. The number of hydrogen-bond acceptors (Lipinski definition) is 3. The maximum Gasteiger partial charge on any atom is 0.315 e. The molecule has 0 bridgehead atoms. The molecule has 0 fully saturated rings. The molecule has 0 saturated heterocycles. The second-order valence-electron chi connectivity index (χ2n) is 3.50. The molecule has 1 rings (SSSR count). The van der Waals surface area contributed by atoms with E-state index in [4.69, 9.17) is 10.5 Å². The standard InChI is InChI=1S/C12H19N3O2/c13-6-8-17-9-7-14-12(16)15-10-11-4-2-1-3-5-11/h1-5H,6-10,13H2,(H2,14,15,16). The highest BCUT2D eigenvalue weighted by Crippen LogP contribution is 1.96. The van der Waals surface area contributed by atoms with Gasteiger partial charge in [-0.25, -0.2) is 4.79 Å². The highest BCUT2D eigenvalue weighted by atomic mass is 16.5. The number of carbonyl (C=O) groups is 1. The Morgan fingerprint density at radius 1 is 1.18 bits per heavy atom. The normalized spacial score (nSPS) is 9.94. The predicted octanol–water partition coefficient (Wildman–Crippen LogP) is 0.461. The summed E-state index contributed by atoms with van der Waals surface area (Å²) in [4.78, 5) is 11.3. The van der Waals surface area contributed by atoms with Crippen LogP contribution in [-0.2, 0) is 11.3 Å². The lowest BCUT2D eigenvalue weighted by atomic mass is 10.2. The van der Waals surface area contributed by atoms with Crippen molar-refractivity contribution in [2.75, 3.05) is 26.3 Å². The Bertz CT molecular complexity index is 317. The van der Waals surface area contributed by atoms with Crippen LogP contribution in [0.15, 0.2) is 30.3 Å². The number of benzene rings is 1. The second-order valence-corrected chi connectivity index (χ2v) is 3.50. The molecule has 17 heavy (non-hydrogen) atoms. The van der Waals surface area contributed by atoms with Crippen molar-refractivity contribution >= 4 is 6.03 Å². The van der Waals surface area contributed by atoms with Crippen molar-refractivity contribution in [3.63, 3.8) is 0 Å². The molecular formula is C12H19N3O2. The zero-order valence-electron chi connectivity index (χ0n) is 9.82. The number of nitrogens with one attached hydrogen (secondary N) is 2. The summed E-state index contributed by atoms with van der Waals surface area (Å²) in [5.74, 6) is 0. The van der Waals surface area contributed by atoms with Gasteiger partial charge in [-0.3, -0.25) is 0 Å². The van der Waals surface area contributed by atoms with Gasteiger partial charge in [-0.2, -0.15) is 0 Å². The Kier molecular flexibility index (Phi) is 6.78. The van der Waals surface area contributed by atoms with Gasteiger partial charge in [0.05, 0.1) is 13.2 Å². The average Bonchev–Trinajstić information content (AvgIpc) is 2.37. The van der Waals surface area contributed by atoms with Gasteiger partial charge in [0.2, 0.25) is 0 Å². The Morgan fingerprint density at radius 3 is 2.65 bits per heavy atom. The van der Waals surface area contributed by atoms with Gasteiger partial charge < -0.3 is 21.1 Å². The first-order valence-corrected chi connectivity index (χ1v) is 5.66. The number of ether oxygens (including phenoxy) is 1. The summed E-state index contributed by atoms with van der Waals surface area (Å²) in [7, 11) is 0. The topological polar surface area (TPSA) is 76.4 Å². The fraction of sp³-hybridized carbons (Fsp3) is 0.417. The van der Waals surface area contributed by atoms with E-state index in [-0.39, 0.29) is 6.03 Å². The van der Waals surface area contributed by atoms with Gasteiger partial charge in [-0.1, -0.05) is 30.3 Å². The molecule has 0 aliphatic rings. The number of carbonyl (C=O) groups excluding carboxylic acids is 1. The molecule has 94 valence electrons. The summed E-state index contributed by atoms with van der Waals surface area (Å²) in [6, 6.07) is 9.56. The van der Waals surface area contributed by atoms with Crippen LogP contribution >= 0.6 is 0 Å². The number of nitrogens with two attached hydrogens (primary N) is 1. The quantitative estimate of drug-likeness (QED) is 0.603. The molecule has 1 aromatic rings. The SMILES string of the molecule is NCCOCCNC(=O)NCc1ccccc1. The lowest BCUT2D eigenvalue weighted by Crippen LogP contribution is -2.37. The Hall–Kier alpha value is -1.59. The van der Waals surface area contributed by atoms with Crippen molar-refractivity contribution in [3.05, 3.63) is 35.9 Å². The monoisotopic (exact) mass is 237 g/mol. The van der Waals surface area contributed by atoms with Crippen LogP contribution in [0.25, 0.3) is 0 Å². The van der Waals surface area contributed by atoms with Crippen molar-refractivity contribution in [3.8, 4) is 0 Å². The van der Waals surface area contributed by atoms with Crippen molar-refractivity contribution in [1.29, 1.82) is 0 Å². The second kappa shape index (κ2) is 8.55. The third kappa shape index (κ3) is 6.55. The molecular weight excluding hydrogens is 218 g/mol. The molecule has 0 saturated carbocycles. The molecule has 0 aromatic heterocycles. The van der Waals surface area contributed by atoms with Gasteiger partial charge in [0.1, 0.15) is 0 Å². The maximum atomic E-state index is 11.3. The fourth-order valence-electron chi connectivity index (χ4n) is 1.26. The zero-order valence-corrected chi connectivity index (χ0v) is 9.82. The molecule has 0 spiro atoms. The molecule has 5 nitrogen and oxygen atoms in total. The molecule has 0 atom stereocenters. The van der Waals surface area contributed by atoms with Gasteiger partial charge >= 0.3 is 6.03 Å². The van der Waals surface area contributed by atoms with E-state index in [1.54, 1.807) is 0 Å². The summed E-state index contributed by atoms with van der Waals surface area (Å²) in [6.45, 7) is 2.51. The Morgan fingerprint density at radius 2 is 1.94 bits per heavy atom. The van der Waals surface area contributed by atoms with Crippen LogP contribution in [0.1, 0.15) is 5.56 Å². The summed E-state index contributed by atoms with van der Waals surface area (Å²) in [5, 5.41) is 5.46. The van der Waals surface area contributed by atoms with Crippen LogP contribution in [0.4, 0.5) is 4.79 Å². The minimum atomic E-state index is -0.190. The Labute approximate surface area is 101 Å². The minimum Gasteiger partial charge on any atom is -0.378 e. The third-order valence-electron chi connectivity index (χ3n) is 2.09. The van der Waals surface area contributed by atoms with E-state index in [0.29, 0.717) is 32.8 Å². The molecule has 0 aliphatic heterocycles. The highest BCUT2D eigenvalue weighted by molar-refractivity contribution is 5.73. The van der Waals surface area contributed by atoms with E-state index in [2.05, 4.69) is 10.6 Å². The molecule has 0 heterocycles. The van der Waals surface area contributed by atoms with Crippen LogP contribution in [0.2, 0.25) is 0 Å². The number of amides is 2. The molecule has 5 heteroatoms. The predicted molar refractivity (Wildman–Crippen MR) is 66.6 cm³/mol. The molecule has 0 aliphatic carbocycles. The van der Waals surface area contributed by atoms with Crippen LogP contribution in [0.3, 0.4) is 0 Å². The molecule has 0 unspecified atom stereocenters. The average molecular weight is 237 g/mol. The van der Waals surface area contributed by atoms with Crippen LogP contribution in [0, 0.1) is 0 Å². The maximum absolute atomic E-state index is 11.3. The van der Waals surface area contributed by atoms with Gasteiger partial charge in [-0.05, 0) is 5.56 Å². The number of urea groups is 1. The Balaban J connectivity index is 2.05. The van der Waals surface area contributed by atoms with Crippen molar-refractivity contribution < 1.29 is 9.53 Å². The van der Waals surface area contributed by atoms with E-state index in [1.807, 2.05) is 30.3 Å². The highest BCUT2D eigenvalue weighted by Gasteiger charge is 1.98. The van der Waals surface area contributed by atoms with Gasteiger partial charge in [-0.15, -0.1) is 0 Å². The van der Waals surface area contributed by atoms with E-state index >= 15 is 0 Å². The van der Waals surface area contributed by atoms with Crippen molar-refractivity contribution in [2.45, 2.75) is 6.54 Å². The van der Waals surface area contributed by atoms with E-state index in [9.17, 15) is 4.79 Å². The largest absolute Gasteiger partial charge is 0.378 e. The smallest absolute Gasteiger partial charge is 0.315 e. The number of rotatable bonds is 7. The van der Waals surface area contributed by atoms with Gasteiger partial charge in [0.15, 0.2) is 0 Å². The molecule has 4 N–H and O–H groups in total. The molecule has 1 aromatic carbocycles. The fourth-order valence-corrected chi connectivity index (χ4v) is 1.26. The summed E-state index contributed by atoms with van der Waals surface area (Å²) in [5.41, 5.74) is 6.33. The first-order chi connectivity index (χ1) is 8.33. The van der Waals surface area contributed by atoms with E-state index < -0.39 is 0 Å². The molecule has 2 amide bonds. The van der Waals surface area contributed by atoms with Gasteiger partial charge in [0.25, 0.3) is 0 Å². The lowest BCUT2D eigenvalue weighted by molar-refractivity contribution is 0.143. The van der Waals surface area contributed by atoms with E-state index in [0.717, 1.165) is 5.56 Å². The molecule has 0 radical (unpaired) electrons. The first kappa shape index (κ1) is 13.5. The summed E-state index contributed by atoms with van der Waals surface area (Å²) >= 11 is 0.